The Morgan fingerprint density at radius 1 is 1.16 bits per heavy atom. The molecule has 1 saturated heterocycles. The Labute approximate surface area is 235 Å². The molecule has 8 heteroatoms. The van der Waals surface area contributed by atoms with Gasteiger partial charge in [0.2, 0.25) is 0 Å². The molecule has 1 amide bonds. The summed E-state index contributed by atoms with van der Waals surface area (Å²) in [5.74, 6) is 0.283. The molecule has 3 aromatic rings. The zero-order valence-corrected chi connectivity index (χ0v) is 23.4. The van der Waals surface area contributed by atoms with Crippen molar-refractivity contribution >= 4 is 29.3 Å². The summed E-state index contributed by atoms with van der Waals surface area (Å²) in [5, 5.41) is 0.812. The molecule has 0 bridgehead atoms. The van der Waals surface area contributed by atoms with Crippen molar-refractivity contribution in [2.45, 2.75) is 51.3 Å². The van der Waals surface area contributed by atoms with Gasteiger partial charge >= 0.3 is 6.09 Å². The van der Waals surface area contributed by atoms with Gasteiger partial charge in [-0.3, -0.25) is 0 Å². The van der Waals surface area contributed by atoms with E-state index in [1.54, 1.807) is 12.4 Å². The Hall–Kier alpha value is -2.80. The molecule has 1 unspecified atom stereocenters. The fourth-order valence-corrected chi connectivity index (χ4v) is 5.33. The normalized spacial score (nSPS) is 15.2. The number of hydrogen-bond donors (Lipinski definition) is 0. The summed E-state index contributed by atoms with van der Waals surface area (Å²) >= 11 is 12.4. The highest BCUT2D eigenvalue weighted by atomic mass is 35.5. The van der Waals surface area contributed by atoms with Gasteiger partial charge in [-0.05, 0) is 43.9 Å². The molecule has 0 aliphatic carbocycles. The van der Waals surface area contributed by atoms with Gasteiger partial charge in [-0.15, -0.1) is 6.58 Å². The number of imidazole rings is 1. The van der Waals surface area contributed by atoms with E-state index in [9.17, 15) is 4.79 Å². The first-order valence-corrected chi connectivity index (χ1v) is 13.9. The van der Waals surface area contributed by atoms with E-state index in [2.05, 4.69) is 40.7 Å². The van der Waals surface area contributed by atoms with Gasteiger partial charge in [0.25, 0.3) is 0 Å². The zero-order valence-electron chi connectivity index (χ0n) is 21.9. The van der Waals surface area contributed by atoms with E-state index in [0.29, 0.717) is 16.9 Å². The van der Waals surface area contributed by atoms with E-state index >= 15 is 0 Å². The van der Waals surface area contributed by atoms with E-state index < -0.39 is 0 Å². The van der Waals surface area contributed by atoms with Gasteiger partial charge in [0, 0.05) is 38.1 Å². The number of aromatic nitrogens is 2. The minimum atomic E-state index is -0.274. The number of carbonyl (C=O) groups is 1. The van der Waals surface area contributed by atoms with Gasteiger partial charge in [-0.25, -0.2) is 9.78 Å². The lowest BCUT2D eigenvalue weighted by Gasteiger charge is -2.38. The first kappa shape index (κ1) is 28.2. The van der Waals surface area contributed by atoms with E-state index in [1.165, 1.54) is 11.1 Å². The van der Waals surface area contributed by atoms with Crippen molar-refractivity contribution in [3.63, 3.8) is 0 Å². The molecule has 1 fully saturated rings. The fourth-order valence-electron chi connectivity index (χ4n) is 5.01. The summed E-state index contributed by atoms with van der Waals surface area (Å²) < 4.78 is 7.58. The van der Waals surface area contributed by atoms with Gasteiger partial charge in [-0.1, -0.05) is 89.4 Å². The minimum Gasteiger partial charge on any atom is -0.445 e. The summed E-state index contributed by atoms with van der Waals surface area (Å²) in [7, 11) is 0. The lowest BCUT2D eigenvalue weighted by Crippen LogP contribution is -2.47. The van der Waals surface area contributed by atoms with Crippen LogP contribution in [0.25, 0.3) is 0 Å². The van der Waals surface area contributed by atoms with Crippen molar-refractivity contribution in [3.8, 4) is 0 Å². The summed E-state index contributed by atoms with van der Waals surface area (Å²) in [4.78, 5) is 21.4. The number of piperidine rings is 1. The van der Waals surface area contributed by atoms with Crippen molar-refractivity contribution < 1.29 is 9.53 Å². The third-order valence-electron chi connectivity index (χ3n) is 7.26. The second kappa shape index (κ2) is 13.8. The first-order valence-electron chi connectivity index (χ1n) is 13.2. The number of amides is 1. The number of ether oxygens (including phenoxy) is 1. The molecular formula is C30H36Cl2N4O2. The Bertz CT molecular complexity index is 1170. The molecule has 0 N–H and O–H groups in total. The van der Waals surface area contributed by atoms with Gasteiger partial charge in [-0.2, -0.15) is 0 Å². The molecule has 0 spiro atoms. The zero-order chi connectivity index (χ0) is 26.9. The highest BCUT2D eigenvalue weighted by Crippen LogP contribution is 2.28. The van der Waals surface area contributed by atoms with Crippen molar-refractivity contribution in [1.82, 2.24) is 19.4 Å². The van der Waals surface area contributed by atoms with Crippen LogP contribution in [-0.4, -0.2) is 57.7 Å². The fraction of sp³-hybridized carbons (Fsp3) is 0.400. The molecule has 2 heterocycles. The molecule has 38 heavy (non-hydrogen) atoms. The molecule has 1 aliphatic heterocycles. The third kappa shape index (κ3) is 7.62. The summed E-state index contributed by atoms with van der Waals surface area (Å²) in [6.45, 7) is 10.2. The number of rotatable bonds is 11. The van der Waals surface area contributed by atoms with Crippen molar-refractivity contribution in [3.05, 3.63) is 101 Å². The van der Waals surface area contributed by atoms with Crippen molar-refractivity contribution in [1.29, 1.82) is 0 Å². The van der Waals surface area contributed by atoms with Gasteiger partial charge < -0.3 is 19.1 Å². The molecule has 0 saturated carbocycles. The van der Waals surface area contributed by atoms with Crippen LogP contribution < -0.4 is 0 Å². The number of halogens is 2. The van der Waals surface area contributed by atoms with E-state index in [-0.39, 0.29) is 24.7 Å². The van der Waals surface area contributed by atoms with E-state index in [1.807, 2.05) is 46.7 Å². The monoisotopic (exact) mass is 554 g/mol. The molecule has 4 rings (SSSR count). The maximum atomic E-state index is 12.9. The van der Waals surface area contributed by atoms with E-state index in [0.717, 1.165) is 51.0 Å². The topological polar surface area (TPSA) is 50.6 Å². The highest BCUT2D eigenvalue weighted by Gasteiger charge is 2.28. The van der Waals surface area contributed by atoms with Crippen LogP contribution in [0.4, 0.5) is 4.79 Å². The lowest BCUT2D eigenvalue weighted by molar-refractivity contribution is 0.0654. The molecule has 1 aliphatic rings. The Kier molecular flexibility index (Phi) is 10.3. The smallest absolute Gasteiger partial charge is 0.410 e. The number of carbonyl (C=O) groups excluding carboxylic acids is 1. The number of likely N-dealkylation sites (tertiary alicyclic amines) is 1. The maximum Gasteiger partial charge on any atom is 0.410 e. The minimum absolute atomic E-state index is 0.145. The highest BCUT2D eigenvalue weighted by molar-refractivity contribution is 6.40. The number of hydrogen-bond acceptors (Lipinski definition) is 4. The van der Waals surface area contributed by atoms with Crippen molar-refractivity contribution in [2.75, 3.05) is 26.2 Å². The van der Waals surface area contributed by atoms with Crippen molar-refractivity contribution in [2.24, 2.45) is 0 Å². The quantitative estimate of drug-likeness (QED) is 0.240. The van der Waals surface area contributed by atoms with Crippen LogP contribution >= 0.6 is 23.2 Å². The maximum absolute atomic E-state index is 12.9. The largest absolute Gasteiger partial charge is 0.445 e. The SMILES string of the molecule is C=CCN(C(=O)OCc1ccc(C)cc1)C1CCN(CCC(Cn2cnc(Cl)c2Cl)c2ccccc2)CC1. The number of benzene rings is 2. The first-order chi connectivity index (χ1) is 18.4. The molecule has 2 aromatic carbocycles. The molecule has 202 valence electrons. The van der Waals surface area contributed by atoms with Crippen LogP contribution in [0.3, 0.4) is 0 Å². The molecule has 1 atom stereocenters. The summed E-state index contributed by atoms with van der Waals surface area (Å²) in [5.41, 5.74) is 3.45. The second-order valence-electron chi connectivity index (χ2n) is 9.93. The van der Waals surface area contributed by atoms with Gasteiger partial charge in [0.1, 0.15) is 11.8 Å². The van der Waals surface area contributed by atoms with Crippen LogP contribution in [0.15, 0.2) is 73.6 Å². The third-order valence-corrected chi connectivity index (χ3v) is 8.03. The molecule has 0 radical (unpaired) electrons. The lowest BCUT2D eigenvalue weighted by atomic mass is 9.94. The standard InChI is InChI=1S/C30H36Cl2N4O2/c1-3-16-36(30(37)38-21-24-11-9-23(2)10-12-24)27-14-18-34(19-15-27)17-13-26(25-7-5-4-6-8-25)20-35-22-33-28(31)29(35)32/h3-12,22,26-27H,1,13-21H2,2H3. The summed E-state index contributed by atoms with van der Waals surface area (Å²) in [6.07, 6.45) is 6.01. The van der Waals surface area contributed by atoms with Crippen LogP contribution in [0, 0.1) is 6.92 Å². The van der Waals surface area contributed by atoms with Crippen LogP contribution in [-0.2, 0) is 17.9 Å². The van der Waals surface area contributed by atoms with Gasteiger partial charge in [0.05, 0.1) is 6.33 Å². The predicted molar refractivity (Wildman–Crippen MR) is 154 cm³/mol. The molecular weight excluding hydrogens is 519 g/mol. The van der Waals surface area contributed by atoms with E-state index in [4.69, 9.17) is 27.9 Å². The Morgan fingerprint density at radius 3 is 2.50 bits per heavy atom. The average Bonchev–Trinajstić information content (AvgIpc) is 3.26. The van der Waals surface area contributed by atoms with Gasteiger partial charge in [0.15, 0.2) is 5.15 Å². The average molecular weight is 556 g/mol. The Morgan fingerprint density at radius 2 is 1.87 bits per heavy atom. The number of nitrogens with zero attached hydrogens (tertiary/aromatic N) is 4. The Balaban J connectivity index is 1.30. The number of aryl methyl sites for hydroxylation is 1. The second-order valence-corrected chi connectivity index (χ2v) is 10.6. The predicted octanol–water partition coefficient (Wildman–Crippen LogP) is 6.96. The molecule has 1 aromatic heterocycles. The molecule has 6 nitrogen and oxygen atoms in total. The summed E-state index contributed by atoms with van der Waals surface area (Å²) in [6, 6.07) is 18.7. The van der Waals surface area contributed by atoms with Crippen LogP contribution in [0.1, 0.15) is 41.9 Å². The van der Waals surface area contributed by atoms with Crippen LogP contribution in [0.2, 0.25) is 10.3 Å². The van der Waals surface area contributed by atoms with Crippen LogP contribution in [0.5, 0.6) is 0 Å².